The molecule has 0 aromatic heterocycles. The molecule has 1 aromatic carbocycles. The minimum Gasteiger partial charge on any atom is -0.508 e. The van der Waals surface area contributed by atoms with Crippen LogP contribution in [0.1, 0.15) is 44.2 Å². The van der Waals surface area contributed by atoms with Crippen molar-refractivity contribution in [2.24, 2.45) is 5.92 Å². The molecule has 0 radical (unpaired) electrons. The Bertz CT molecular complexity index is 374. The summed E-state index contributed by atoms with van der Waals surface area (Å²) in [6.07, 6.45) is 5.23. The fraction of sp³-hybridized carbons (Fsp3) is 0.571. The van der Waals surface area contributed by atoms with Crippen molar-refractivity contribution in [3.63, 3.8) is 0 Å². The van der Waals surface area contributed by atoms with Crippen LogP contribution < -0.4 is 5.32 Å². The van der Waals surface area contributed by atoms with Crippen LogP contribution in [0.2, 0.25) is 0 Å². The molecule has 0 aliphatic heterocycles. The lowest BCUT2D eigenvalue weighted by atomic mass is 10.0. The Morgan fingerprint density at radius 2 is 2.12 bits per heavy atom. The molecule has 0 saturated heterocycles. The fourth-order valence-electron chi connectivity index (χ4n) is 2.54. The number of rotatable bonds is 4. The minimum atomic E-state index is -0.337. The van der Waals surface area contributed by atoms with Crippen LogP contribution in [0, 0.1) is 11.7 Å². The third kappa shape index (κ3) is 3.19. The molecule has 1 aliphatic carbocycles. The molecule has 94 valence electrons. The van der Waals surface area contributed by atoms with E-state index in [1.165, 1.54) is 37.8 Å². The first kappa shape index (κ1) is 12.4. The number of halogens is 1. The molecule has 1 atom stereocenters. The molecule has 2 N–H and O–H groups in total. The smallest absolute Gasteiger partial charge is 0.131 e. The van der Waals surface area contributed by atoms with Crippen LogP contribution in [-0.4, -0.2) is 11.7 Å². The summed E-state index contributed by atoms with van der Waals surface area (Å²) in [6.45, 7) is 2.92. The first-order valence-corrected chi connectivity index (χ1v) is 6.38. The lowest BCUT2D eigenvalue weighted by molar-refractivity contribution is 0.438. The van der Waals surface area contributed by atoms with E-state index < -0.39 is 0 Å². The zero-order chi connectivity index (χ0) is 12.3. The highest BCUT2D eigenvalue weighted by molar-refractivity contribution is 5.29. The van der Waals surface area contributed by atoms with Crippen LogP contribution in [0.5, 0.6) is 5.75 Å². The van der Waals surface area contributed by atoms with E-state index in [0.29, 0.717) is 5.56 Å². The Kier molecular flexibility index (Phi) is 4.00. The highest BCUT2D eigenvalue weighted by atomic mass is 19.1. The van der Waals surface area contributed by atoms with Gasteiger partial charge in [0.1, 0.15) is 11.6 Å². The van der Waals surface area contributed by atoms with E-state index in [4.69, 9.17) is 5.11 Å². The van der Waals surface area contributed by atoms with Gasteiger partial charge in [-0.15, -0.1) is 0 Å². The predicted octanol–water partition coefficient (Wildman–Crippen LogP) is 3.37. The third-order valence-electron chi connectivity index (χ3n) is 3.64. The number of aromatic hydroxyl groups is 1. The predicted molar refractivity (Wildman–Crippen MR) is 66.4 cm³/mol. The summed E-state index contributed by atoms with van der Waals surface area (Å²) >= 11 is 0. The van der Waals surface area contributed by atoms with Gasteiger partial charge in [0.05, 0.1) is 0 Å². The number of hydrogen-bond donors (Lipinski definition) is 2. The van der Waals surface area contributed by atoms with E-state index >= 15 is 0 Å². The molecule has 1 aliphatic rings. The first-order chi connectivity index (χ1) is 8.16. The standard InChI is InChI=1S/C14H20FNO/c1-10(16-9-11-4-2-3-5-11)13-7-6-12(17)8-14(13)15/h6-8,10-11,16-17H,2-5,9H2,1H3. The van der Waals surface area contributed by atoms with Gasteiger partial charge in [0.25, 0.3) is 0 Å². The summed E-state index contributed by atoms with van der Waals surface area (Å²) in [6, 6.07) is 4.35. The number of phenols is 1. The number of phenolic OH excluding ortho intramolecular Hbond substituents is 1. The molecule has 1 aromatic rings. The van der Waals surface area contributed by atoms with Gasteiger partial charge in [-0.05, 0) is 38.3 Å². The van der Waals surface area contributed by atoms with Gasteiger partial charge < -0.3 is 10.4 Å². The molecule has 3 heteroatoms. The molecule has 1 saturated carbocycles. The number of hydrogen-bond acceptors (Lipinski definition) is 2. The Labute approximate surface area is 102 Å². The second-order valence-corrected chi connectivity index (χ2v) is 4.99. The van der Waals surface area contributed by atoms with E-state index in [1.54, 1.807) is 6.07 Å². The van der Waals surface area contributed by atoms with Gasteiger partial charge in [0, 0.05) is 17.7 Å². The Hall–Kier alpha value is -1.09. The Balaban J connectivity index is 1.91. The van der Waals surface area contributed by atoms with Gasteiger partial charge in [0.2, 0.25) is 0 Å². The first-order valence-electron chi connectivity index (χ1n) is 6.38. The van der Waals surface area contributed by atoms with Crippen molar-refractivity contribution in [3.8, 4) is 5.75 Å². The van der Waals surface area contributed by atoms with Crippen molar-refractivity contribution in [2.45, 2.75) is 38.6 Å². The normalized spacial score (nSPS) is 18.5. The highest BCUT2D eigenvalue weighted by Gasteiger charge is 2.17. The summed E-state index contributed by atoms with van der Waals surface area (Å²) in [5, 5.41) is 12.5. The monoisotopic (exact) mass is 237 g/mol. The minimum absolute atomic E-state index is 0.00352. The molecule has 2 rings (SSSR count). The molecule has 0 bridgehead atoms. The molecule has 0 spiro atoms. The lowest BCUT2D eigenvalue weighted by Gasteiger charge is -2.18. The van der Waals surface area contributed by atoms with Crippen molar-refractivity contribution in [2.75, 3.05) is 6.54 Å². The van der Waals surface area contributed by atoms with Crippen molar-refractivity contribution >= 4 is 0 Å². The molecule has 0 heterocycles. The topological polar surface area (TPSA) is 32.3 Å². The van der Waals surface area contributed by atoms with E-state index in [0.717, 1.165) is 12.5 Å². The largest absolute Gasteiger partial charge is 0.508 e. The highest BCUT2D eigenvalue weighted by Crippen LogP contribution is 2.25. The maximum Gasteiger partial charge on any atom is 0.131 e. The van der Waals surface area contributed by atoms with Gasteiger partial charge >= 0.3 is 0 Å². The van der Waals surface area contributed by atoms with Crippen molar-refractivity contribution in [3.05, 3.63) is 29.6 Å². The average molecular weight is 237 g/mol. The van der Waals surface area contributed by atoms with E-state index in [9.17, 15) is 4.39 Å². The summed E-state index contributed by atoms with van der Waals surface area (Å²) in [5.74, 6) is 0.392. The third-order valence-corrected chi connectivity index (χ3v) is 3.64. The summed E-state index contributed by atoms with van der Waals surface area (Å²) in [5.41, 5.74) is 0.626. The average Bonchev–Trinajstić information content (AvgIpc) is 2.78. The molecule has 2 nitrogen and oxygen atoms in total. The van der Waals surface area contributed by atoms with E-state index in [1.807, 2.05) is 6.92 Å². The van der Waals surface area contributed by atoms with Crippen LogP contribution in [0.25, 0.3) is 0 Å². The summed E-state index contributed by atoms with van der Waals surface area (Å²) in [7, 11) is 0. The fourth-order valence-corrected chi connectivity index (χ4v) is 2.54. The Morgan fingerprint density at radius 1 is 1.41 bits per heavy atom. The van der Waals surface area contributed by atoms with Crippen LogP contribution in [0.15, 0.2) is 18.2 Å². The zero-order valence-corrected chi connectivity index (χ0v) is 10.2. The number of benzene rings is 1. The van der Waals surface area contributed by atoms with Gasteiger partial charge in [-0.3, -0.25) is 0 Å². The molecule has 0 amide bonds. The van der Waals surface area contributed by atoms with Crippen LogP contribution >= 0.6 is 0 Å². The second kappa shape index (κ2) is 5.50. The maximum absolute atomic E-state index is 13.6. The van der Waals surface area contributed by atoms with Gasteiger partial charge in [0.15, 0.2) is 0 Å². The van der Waals surface area contributed by atoms with E-state index in [-0.39, 0.29) is 17.6 Å². The second-order valence-electron chi connectivity index (χ2n) is 4.99. The summed E-state index contributed by atoms with van der Waals surface area (Å²) < 4.78 is 13.6. The van der Waals surface area contributed by atoms with Crippen molar-refractivity contribution in [1.29, 1.82) is 0 Å². The molecule has 17 heavy (non-hydrogen) atoms. The van der Waals surface area contributed by atoms with Crippen LogP contribution in [0.4, 0.5) is 4.39 Å². The SMILES string of the molecule is CC(NCC1CCCC1)c1ccc(O)cc1F. The molecular weight excluding hydrogens is 217 g/mol. The van der Waals surface area contributed by atoms with Gasteiger partial charge in [-0.2, -0.15) is 0 Å². The summed E-state index contributed by atoms with van der Waals surface area (Å²) in [4.78, 5) is 0. The molecule has 1 unspecified atom stereocenters. The maximum atomic E-state index is 13.6. The van der Waals surface area contributed by atoms with Crippen molar-refractivity contribution in [1.82, 2.24) is 5.32 Å². The lowest BCUT2D eigenvalue weighted by Crippen LogP contribution is -2.25. The van der Waals surface area contributed by atoms with Gasteiger partial charge in [-0.25, -0.2) is 4.39 Å². The van der Waals surface area contributed by atoms with Crippen molar-refractivity contribution < 1.29 is 9.50 Å². The quantitative estimate of drug-likeness (QED) is 0.841. The van der Waals surface area contributed by atoms with E-state index in [2.05, 4.69) is 5.32 Å². The van der Waals surface area contributed by atoms with Gasteiger partial charge in [-0.1, -0.05) is 18.9 Å². The molecular formula is C14H20FNO. The zero-order valence-electron chi connectivity index (χ0n) is 10.2. The van der Waals surface area contributed by atoms with Crippen LogP contribution in [0.3, 0.4) is 0 Å². The Morgan fingerprint density at radius 3 is 2.76 bits per heavy atom. The molecule has 1 fully saturated rings. The van der Waals surface area contributed by atoms with Crippen LogP contribution in [-0.2, 0) is 0 Å². The number of nitrogens with one attached hydrogen (secondary N) is 1.